The predicted molar refractivity (Wildman–Crippen MR) is 108 cm³/mol. The predicted octanol–water partition coefficient (Wildman–Crippen LogP) is 2.51. The van der Waals surface area contributed by atoms with Gasteiger partial charge in [-0.15, -0.1) is 10.2 Å². The lowest BCUT2D eigenvalue weighted by Crippen LogP contribution is -2.38. The molecular formula is C19H33N5O2S. The molecule has 7 nitrogen and oxygen atoms in total. The summed E-state index contributed by atoms with van der Waals surface area (Å²) in [4.78, 5) is 17.1. The van der Waals surface area contributed by atoms with E-state index in [0.717, 1.165) is 63.3 Å². The summed E-state index contributed by atoms with van der Waals surface area (Å²) in [6.07, 6.45) is 2.29. The number of hydrogen-bond donors (Lipinski definition) is 0. The summed E-state index contributed by atoms with van der Waals surface area (Å²) >= 11 is 1.52. The van der Waals surface area contributed by atoms with Crippen LogP contribution in [0, 0.1) is 11.8 Å². The van der Waals surface area contributed by atoms with E-state index in [0.29, 0.717) is 23.6 Å². The molecule has 2 fully saturated rings. The third kappa shape index (κ3) is 5.60. The van der Waals surface area contributed by atoms with Crippen molar-refractivity contribution < 1.29 is 9.53 Å². The molecular weight excluding hydrogens is 362 g/mol. The fourth-order valence-electron chi connectivity index (χ4n) is 3.35. The van der Waals surface area contributed by atoms with Crippen LogP contribution in [0.25, 0.3) is 0 Å². The lowest BCUT2D eigenvalue weighted by Gasteiger charge is -2.28. The molecule has 1 aliphatic heterocycles. The number of aromatic nitrogens is 3. The van der Waals surface area contributed by atoms with Gasteiger partial charge in [0.05, 0.1) is 19.0 Å². The highest BCUT2D eigenvalue weighted by atomic mass is 32.2. The molecule has 0 spiro atoms. The summed E-state index contributed by atoms with van der Waals surface area (Å²) in [5.41, 5.74) is 0. The zero-order chi connectivity index (χ0) is 19.4. The molecule has 1 aromatic rings. The van der Waals surface area contributed by atoms with Crippen molar-refractivity contribution in [3.05, 3.63) is 0 Å². The molecule has 0 aromatic carbocycles. The Kier molecular flexibility index (Phi) is 7.03. The largest absolute Gasteiger partial charge is 0.378 e. The van der Waals surface area contributed by atoms with E-state index in [1.807, 2.05) is 0 Å². The van der Waals surface area contributed by atoms with Crippen molar-refractivity contribution >= 4 is 23.6 Å². The van der Waals surface area contributed by atoms with Crippen LogP contribution in [0.15, 0.2) is 5.16 Å². The van der Waals surface area contributed by atoms with Crippen LogP contribution in [0.3, 0.4) is 0 Å². The Morgan fingerprint density at radius 3 is 2.48 bits per heavy atom. The first-order chi connectivity index (χ1) is 13.0. The van der Waals surface area contributed by atoms with E-state index in [1.165, 1.54) is 11.8 Å². The molecule has 0 unspecified atom stereocenters. The summed E-state index contributed by atoms with van der Waals surface area (Å²) < 4.78 is 7.64. The third-order valence-electron chi connectivity index (χ3n) is 4.73. The van der Waals surface area contributed by atoms with Crippen LogP contribution < -0.4 is 4.90 Å². The lowest BCUT2D eigenvalue weighted by atomic mass is 10.2. The monoisotopic (exact) mass is 395 g/mol. The Hall–Kier alpha value is -1.28. The van der Waals surface area contributed by atoms with Gasteiger partial charge in [0.1, 0.15) is 0 Å². The van der Waals surface area contributed by atoms with Crippen molar-refractivity contribution in [3.8, 4) is 0 Å². The van der Waals surface area contributed by atoms with Crippen molar-refractivity contribution in [1.82, 2.24) is 19.7 Å². The van der Waals surface area contributed by atoms with E-state index in [-0.39, 0.29) is 5.91 Å². The van der Waals surface area contributed by atoms with E-state index in [2.05, 4.69) is 52.3 Å². The number of hydrogen-bond acceptors (Lipinski definition) is 6. The number of amides is 1. The molecule has 3 rings (SSSR count). The van der Waals surface area contributed by atoms with Crippen LogP contribution in [0.4, 0.5) is 5.95 Å². The molecule has 1 aromatic heterocycles. The molecule has 0 bridgehead atoms. The van der Waals surface area contributed by atoms with Crippen LogP contribution in [0.2, 0.25) is 0 Å². The van der Waals surface area contributed by atoms with Crippen LogP contribution in [-0.4, -0.2) is 70.2 Å². The average Bonchev–Trinajstić information content (AvgIpc) is 3.40. The number of carbonyl (C=O) groups excluding carboxylic acids is 1. The van der Waals surface area contributed by atoms with Crippen molar-refractivity contribution in [2.45, 2.75) is 58.3 Å². The van der Waals surface area contributed by atoms with Crippen molar-refractivity contribution in [2.24, 2.45) is 11.8 Å². The first kappa shape index (κ1) is 20.5. The Morgan fingerprint density at radius 1 is 1.19 bits per heavy atom. The Labute approximate surface area is 166 Å². The zero-order valence-corrected chi connectivity index (χ0v) is 17.9. The first-order valence-electron chi connectivity index (χ1n) is 10.1. The van der Waals surface area contributed by atoms with Gasteiger partial charge in [0.15, 0.2) is 5.16 Å². The second-order valence-electron chi connectivity index (χ2n) is 8.35. The molecule has 27 heavy (non-hydrogen) atoms. The summed E-state index contributed by atoms with van der Waals surface area (Å²) in [7, 11) is 0. The topological polar surface area (TPSA) is 63.5 Å². The number of carbonyl (C=O) groups is 1. The molecule has 0 radical (unpaired) electrons. The molecule has 1 saturated carbocycles. The maximum absolute atomic E-state index is 12.8. The first-order valence-corrected chi connectivity index (χ1v) is 11.1. The molecule has 2 aliphatic rings. The summed E-state index contributed by atoms with van der Waals surface area (Å²) in [6.45, 7) is 13.6. The van der Waals surface area contributed by atoms with Gasteiger partial charge in [0, 0.05) is 32.2 Å². The van der Waals surface area contributed by atoms with Crippen molar-refractivity contribution in [1.29, 1.82) is 0 Å². The number of thioether (sulfide) groups is 1. The minimum atomic E-state index is 0.225. The number of morpholine rings is 1. The third-order valence-corrected chi connectivity index (χ3v) is 5.69. The second kappa shape index (κ2) is 9.28. The molecule has 8 heteroatoms. The van der Waals surface area contributed by atoms with Crippen molar-refractivity contribution in [3.63, 3.8) is 0 Å². The Balaban J connectivity index is 1.68. The Morgan fingerprint density at radius 2 is 1.89 bits per heavy atom. The van der Waals surface area contributed by atoms with Crippen LogP contribution in [-0.2, 0) is 16.1 Å². The quantitative estimate of drug-likeness (QED) is 0.599. The molecule has 1 saturated heterocycles. The normalized spacial score (nSPS) is 17.8. The van der Waals surface area contributed by atoms with E-state index >= 15 is 0 Å². The van der Waals surface area contributed by atoms with Gasteiger partial charge in [-0.2, -0.15) is 0 Å². The van der Waals surface area contributed by atoms with Gasteiger partial charge < -0.3 is 14.5 Å². The maximum Gasteiger partial charge on any atom is 0.233 e. The highest BCUT2D eigenvalue weighted by Crippen LogP contribution is 2.30. The summed E-state index contributed by atoms with van der Waals surface area (Å²) in [5.74, 6) is 2.55. The standard InChI is InChI=1S/C19H33N5O2S/c1-14(2)11-23(16-5-6-16)17(25)13-27-19-21-20-18(24(19)12-15(3)4)22-7-9-26-10-8-22/h14-16H,5-13H2,1-4H3. The number of nitrogens with zero attached hydrogens (tertiary/aromatic N) is 5. The van der Waals surface area contributed by atoms with E-state index in [9.17, 15) is 4.79 Å². The van der Waals surface area contributed by atoms with E-state index in [1.54, 1.807) is 0 Å². The highest BCUT2D eigenvalue weighted by molar-refractivity contribution is 7.99. The van der Waals surface area contributed by atoms with Crippen LogP contribution >= 0.6 is 11.8 Å². The van der Waals surface area contributed by atoms with Gasteiger partial charge in [-0.25, -0.2) is 0 Å². The van der Waals surface area contributed by atoms with Gasteiger partial charge in [-0.3, -0.25) is 9.36 Å². The van der Waals surface area contributed by atoms with E-state index < -0.39 is 0 Å². The number of anilines is 1. The second-order valence-corrected chi connectivity index (χ2v) is 9.29. The number of ether oxygens (including phenoxy) is 1. The van der Waals surface area contributed by atoms with Gasteiger partial charge in [0.25, 0.3) is 0 Å². The van der Waals surface area contributed by atoms with Crippen molar-refractivity contribution in [2.75, 3.05) is 43.5 Å². The summed E-state index contributed by atoms with van der Waals surface area (Å²) in [5, 5.41) is 9.72. The molecule has 1 aliphatic carbocycles. The van der Waals surface area contributed by atoms with Gasteiger partial charge in [-0.1, -0.05) is 39.5 Å². The van der Waals surface area contributed by atoms with Gasteiger partial charge in [-0.05, 0) is 24.7 Å². The Bertz CT molecular complexity index is 624. The zero-order valence-electron chi connectivity index (χ0n) is 17.1. The minimum Gasteiger partial charge on any atom is -0.378 e. The molecule has 0 N–H and O–H groups in total. The van der Waals surface area contributed by atoms with Crippen LogP contribution in [0.5, 0.6) is 0 Å². The number of rotatable bonds is 9. The summed E-state index contributed by atoms with van der Waals surface area (Å²) in [6, 6.07) is 0.456. The smallest absolute Gasteiger partial charge is 0.233 e. The SMILES string of the molecule is CC(C)CN(C(=O)CSc1nnc(N2CCOCC2)n1CC(C)C)C1CC1. The molecule has 1 amide bonds. The van der Waals surface area contributed by atoms with Gasteiger partial charge in [0.2, 0.25) is 11.9 Å². The lowest BCUT2D eigenvalue weighted by molar-refractivity contribution is -0.129. The molecule has 0 atom stereocenters. The average molecular weight is 396 g/mol. The maximum atomic E-state index is 12.8. The fourth-order valence-corrected chi connectivity index (χ4v) is 4.18. The highest BCUT2D eigenvalue weighted by Gasteiger charge is 2.33. The molecule has 152 valence electrons. The van der Waals surface area contributed by atoms with E-state index in [4.69, 9.17) is 4.74 Å². The van der Waals surface area contributed by atoms with Gasteiger partial charge >= 0.3 is 0 Å². The van der Waals surface area contributed by atoms with Crippen LogP contribution in [0.1, 0.15) is 40.5 Å². The fraction of sp³-hybridized carbons (Fsp3) is 0.842. The molecule has 2 heterocycles. The minimum absolute atomic E-state index is 0.225.